The van der Waals surface area contributed by atoms with Crippen LogP contribution >= 0.6 is 11.6 Å². The third-order valence-corrected chi connectivity index (χ3v) is 6.12. The second-order valence-electron chi connectivity index (χ2n) is 7.75. The average molecular weight is 461 g/mol. The minimum atomic E-state index is -1.79. The predicted molar refractivity (Wildman–Crippen MR) is 116 cm³/mol. The maximum Gasteiger partial charge on any atom is 0.224 e. The summed E-state index contributed by atoms with van der Waals surface area (Å²) in [7, 11) is 1.32. The van der Waals surface area contributed by atoms with Crippen molar-refractivity contribution in [1.29, 1.82) is 0 Å². The normalized spacial score (nSPS) is 28.1. The molecule has 1 fully saturated rings. The maximum atomic E-state index is 10.7. The summed E-state index contributed by atoms with van der Waals surface area (Å²) >= 11 is 6.44. The molecule has 170 valence electrons. The highest BCUT2D eigenvalue weighted by Crippen LogP contribution is 2.40. The van der Waals surface area contributed by atoms with Crippen LogP contribution in [0.1, 0.15) is 16.7 Å². The average Bonchev–Trinajstić information content (AvgIpc) is 3.29. The van der Waals surface area contributed by atoms with Crippen molar-refractivity contribution in [3.05, 3.63) is 82.6 Å². The van der Waals surface area contributed by atoms with Gasteiger partial charge >= 0.3 is 0 Å². The van der Waals surface area contributed by atoms with Gasteiger partial charge in [-0.1, -0.05) is 35.9 Å². The highest BCUT2D eigenvalue weighted by molar-refractivity contribution is 6.31. The van der Waals surface area contributed by atoms with Crippen molar-refractivity contribution >= 4 is 11.6 Å². The molecule has 0 spiro atoms. The van der Waals surface area contributed by atoms with E-state index in [1.807, 2.05) is 36.5 Å². The summed E-state index contributed by atoms with van der Waals surface area (Å²) in [6, 6.07) is 14.7. The van der Waals surface area contributed by atoms with Gasteiger partial charge in [0, 0.05) is 30.3 Å². The molecule has 0 radical (unpaired) electrons. The zero-order valence-electron chi connectivity index (χ0n) is 17.4. The first-order valence-electron chi connectivity index (χ1n) is 10.2. The summed E-state index contributed by atoms with van der Waals surface area (Å²) in [6.07, 6.45) is -1.69. The van der Waals surface area contributed by atoms with Crippen molar-refractivity contribution in [2.45, 2.75) is 36.6 Å². The van der Waals surface area contributed by atoms with E-state index >= 15 is 0 Å². The quantitative estimate of drug-likeness (QED) is 0.439. The standard InChI is InChI=1S/C23H25ClN2O6/c1-31-23(22(30)21(29)20(28)19(13-27)32-23)16-7-8-18(24)15(10-16)9-14-11-25-26(12-14)17-5-3-2-4-6-17/h2-8,10-12,19-22,27-30H,9,13H2,1H3/t19-,20-,21+,22-,23?/m1/s1. The van der Waals surface area contributed by atoms with Gasteiger partial charge in [-0.2, -0.15) is 5.10 Å². The van der Waals surface area contributed by atoms with Gasteiger partial charge in [0.25, 0.3) is 0 Å². The Labute approximate surface area is 190 Å². The number of benzene rings is 2. The Bertz CT molecular complexity index is 1060. The monoisotopic (exact) mass is 460 g/mol. The highest BCUT2D eigenvalue weighted by Gasteiger charge is 2.55. The number of rotatable bonds is 6. The molecule has 32 heavy (non-hydrogen) atoms. The molecule has 1 aliphatic heterocycles. The number of ether oxygens (including phenoxy) is 2. The van der Waals surface area contributed by atoms with Crippen molar-refractivity contribution in [2.24, 2.45) is 0 Å². The van der Waals surface area contributed by atoms with E-state index in [9.17, 15) is 20.4 Å². The van der Waals surface area contributed by atoms with Crippen LogP contribution in [0.15, 0.2) is 60.9 Å². The van der Waals surface area contributed by atoms with Gasteiger partial charge in [0.05, 0.1) is 18.5 Å². The molecular weight excluding hydrogens is 436 g/mol. The Morgan fingerprint density at radius 2 is 1.88 bits per heavy atom. The Morgan fingerprint density at radius 3 is 2.56 bits per heavy atom. The largest absolute Gasteiger partial charge is 0.394 e. The molecular formula is C23H25ClN2O6. The highest BCUT2D eigenvalue weighted by atomic mass is 35.5. The lowest BCUT2D eigenvalue weighted by atomic mass is 9.87. The summed E-state index contributed by atoms with van der Waals surface area (Å²) in [5, 5.41) is 45.6. The minimum Gasteiger partial charge on any atom is -0.394 e. The lowest BCUT2D eigenvalue weighted by Crippen LogP contribution is -2.64. The zero-order chi connectivity index (χ0) is 22.9. The van der Waals surface area contributed by atoms with E-state index in [4.69, 9.17) is 21.1 Å². The van der Waals surface area contributed by atoms with Crippen molar-refractivity contribution in [2.75, 3.05) is 13.7 Å². The Kier molecular flexibility index (Phi) is 6.64. The zero-order valence-corrected chi connectivity index (χ0v) is 18.1. The summed E-state index contributed by atoms with van der Waals surface area (Å²) < 4.78 is 13.1. The minimum absolute atomic E-state index is 0.395. The van der Waals surface area contributed by atoms with Gasteiger partial charge in [0.1, 0.15) is 24.4 Å². The van der Waals surface area contributed by atoms with Crippen LogP contribution in [0.4, 0.5) is 0 Å². The molecule has 0 bridgehead atoms. The Morgan fingerprint density at radius 1 is 1.12 bits per heavy atom. The van der Waals surface area contributed by atoms with Crippen LogP contribution < -0.4 is 0 Å². The van der Waals surface area contributed by atoms with Crippen LogP contribution in [0.2, 0.25) is 5.02 Å². The van der Waals surface area contributed by atoms with E-state index in [0.29, 0.717) is 17.0 Å². The first-order chi connectivity index (χ1) is 15.4. The van der Waals surface area contributed by atoms with Gasteiger partial charge in [-0.15, -0.1) is 0 Å². The summed E-state index contributed by atoms with van der Waals surface area (Å²) in [5.41, 5.74) is 2.96. The van der Waals surface area contributed by atoms with E-state index in [-0.39, 0.29) is 0 Å². The molecule has 9 heteroatoms. The Hall–Kier alpha value is -2.30. The Balaban J connectivity index is 1.66. The fourth-order valence-electron chi connectivity index (χ4n) is 3.99. The molecule has 0 saturated carbocycles. The fraction of sp³-hybridized carbons (Fsp3) is 0.348. The fourth-order valence-corrected chi connectivity index (χ4v) is 4.17. The van der Waals surface area contributed by atoms with Crippen LogP contribution in [-0.2, 0) is 21.7 Å². The number of aliphatic hydroxyl groups is 4. The molecule has 4 rings (SSSR count). The molecule has 0 amide bonds. The number of hydrogen-bond acceptors (Lipinski definition) is 7. The molecule has 1 aromatic heterocycles. The van der Waals surface area contributed by atoms with Crippen LogP contribution in [-0.4, -0.2) is 68.3 Å². The molecule has 5 atom stereocenters. The molecule has 1 unspecified atom stereocenters. The third kappa shape index (κ3) is 4.06. The van der Waals surface area contributed by atoms with Crippen LogP contribution in [0.3, 0.4) is 0 Å². The van der Waals surface area contributed by atoms with Crippen LogP contribution in [0, 0.1) is 0 Å². The molecule has 1 aliphatic rings. The lowest BCUT2D eigenvalue weighted by molar-refractivity contribution is -0.366. The topological polar surface area (TPSA) is 117 Å². The lowest BCUT2D eigenvalue weighted by Gasteiger charge is -2.47. The summed E-state index contributed by atoms with van der Waals surface area (Å²) in [6.45, 7) is -0.560. The summed E-state index contributed by atoms with van der Waals surface area (Å²) in [4.78, 5) is 0. The molecule has 1 saturated heterocycles. The van der Waals surface area contributed by atoms with Crippen molar-refractivity contribution in [3.8, 4) is 5.69 Å². The molecule has 2 aromatic carbocycles. The van der Waals surface area contributed by atoms with Gasteiger partial charge in [-0.25, -0.2) is 4.68 Å². The number of hydrogen-bond donors (Lipinski definition) is 4. The van der Waals surface area contributed by atoms with Gasteiger partial charge in [0.2, 0.25) is 5.79 Å². The second kappa shape index (κ2) is 9.29. The number of methoxy groups -OCH3 is 1. The van der Waals surface area contributed by atoms with Crippen molar-refractivity contribution < 1.29 is 29.9 Å². The number of halogens is 1. The third-order valence-electron chi connectivity index (χ3n) is 5.75. The first kappa shape index (κ1) is 22.9. The van der Waals surface area contributed by atoms with Crippen LogP contribution in [0.5, 0.6) is 0 Å². The van der Waals surface area contributed by atoms with E-state index < -0.39 is 36.8 Å². The first-order valence-corrected chi connectivity index (χ1v) is 10.5. The molecule has 3 aromatic rings. The van der Waals surface area contributed by atoms with E-state index in [1.54, 1.807) is 29.1 Å². The van der Waals surface area contributed by atoms with Gasteiger partial charge in [0.15, 0.2) is 0 Å². The van der Waals surface area contributed by atoms with E-state index in [2.05, 4.69) is 5.10 Å². The van der Waals surface area contributed by atoms with E-state index in [0.717, 1.165) is 16.8 Å². The molecule has 0 aliphatic carbocycles. The number of para-hydroxylation sites is 1. The summed E-state index contributed by atoms with van der Waals surface area (Å²) in [5.74, 6) is -1.79. The second-order valence-corrected chi connectivity index (χ2v) is 8.16. The van der Waals surface area contributed by atoms with Crippen molar-refractivity contribution in [1.82, 2.24) is 9.78 Å². The van der Waals surface area contributed by atoms with Crippen molar-refractivity contribution in [3.63, 3.8) is 0 Å². The van der Waals surface area contributed by atoms with E-state index in [1.165, 1.54) is 7.11 Å². The van der Waals surface area contributed by atoms with Crippen LogP contribution in [0.25, 0.3) is 5.69 Å². The molecule has 2 heterocycles. The molecule has 4 N–H and O–H groups in total. The number of aromatic nitrogens is 2. The number of nitrogens with zero attached hydrogens (tertiary/aromatic N) is 2. The number of aliphatic hydroxyl groups excluding tert-OH is 4. The molecule has 8 nitrogen and oxygen atoms in total. The maximum absolute atomic E-state index is 10.7. The van der Waals surface area contributed by atoms with Gasteiger partial charge < -0.3 is 29.9 Å². The van der Waals surface area contributed by atoms with Gasteiger partial charge in [-0.05, 0) is 35.4 Å². The SMILES string of the molecule is COC1(c2ccc(Cl)c(Cc3cnn(-c4ccccc4)c3)c2)O[C@H](CO)[C@@H](O)[C@H](O)[C@H]1O. The van der Waals surface area contributed by atoms with Gasteiger partial charge in [-0.3, -0.25) is 0 Å². The predicted octanol–water partition coefficient (Wildman–Crippen LogP) is 1.39. The smallest absolute Gasteiger partial charge is 0.224 e.